The third kappa shape index (κ3) is 12.2. The van der Waals surface area contributed by atoms with Gasteiger partial charge in [-0.25, -0.2) is 9.97 Å². The number of likely N-dealkylation sites (tertiary alicyclic amines) is 1. The molecule has 3 aromatic rings. The van der Waals surface area contributed by atoms with Crippen molar-refractivity contribution in [1.29, 1.82) is 0 Å². The summed E-state index contributed by atoms with van der Waals surface area (Å²) in [5.74, 6) is 0.786. The molecule has 50 heavy (non-hydrogen) atoms. The fraction of sp³-hybridized carbons (Fsp3) is 0.514. The van der Waals surface area contributed by atoms with E-state index in [0.717, 1.165) is 74.9 Å². The van der Waals surface area contributed by atoms with Crippen LogP contribution < -0.4 is 21.5 Å². The molecule has 2 unspecified atom stereocenters. The van der Waals surface area contributed by atoms with Crippen molar-refractivity contribution in [3.05, 3.63) is 76.1 Å². The summed E-state index contributed by atoms with van der Waals surface area (Å²) in [6.45, 7) is 5.88. The quantitative estimate of drug-likeness (QED) is 0.0716. The van der Waals surface area contributed by atoms with E-state index < -0.39 is 0 Å². The van der Waals surface area contributed by atoms with E-state index in [4.69, 9.17) is 42.4 Å². The Labute approximate surface area is 300 Å². The van der Waals surface area contributed by atoms with E-state index in [2.05, 4.69) is 27.4 Å². The van der Waals surface area contributed by atoms with E-state index in [1.54, 1.807) is 7.11 Å². The first kappa shape index (κ1) is 39.0. The number of nitrogen functional groups attached to an aromatic ring is 2. The van der Waals surface area contributed by atoms with Crippen LogP contribution in [0.1, 0.15) is 64.1 Å². The third-order valence-electron chi connectivity index (χ3n) is 9.24. The standard InChI is InChI=1S/C37H51ClN6O6/c1-48-31-14-10-28(11-15-31)6-3-18-44(19-4-7-29(26-44)25-32(46)33-35(39)43-36(40)34(38)42-33)17-2-5-27-8-12-30(13-9-27)37(47)41-16-21-49-23-24-50-22-20-45/h8-15,29,45H,2-7,16-26H2,1H3,(H4-,39,40,41,43,46,47)/p+1. The maximum absolute atomic E-state index is 13.3. The summed E-state index contributed by atoms with van der Waals surface area (Å²) in [7, 11) is 1.68. The van der Waals surface area contributed by atoms with Crippen LogP contribution in [0.3, 0.4) is 0 Å². The van der Waals surface area contributed by atoms with E-state index in [9.17, 15) is 9.59 Å². The molecule has 272 valence electrons. The number of halogens is 1. The number of hydrogen-bond acceptors (Lipinski definition) is 10. The van der Waals surface area contributed by atoms with E-state index in [-0.39, 0.29) is 46.7 Å². The van der Waals surface area contributed by atoms with Gasteiger partial charge in [-0.05, 0) is 61.1 Å². The molecule has 1 aromatic heterocycles. The predicted octanol–water partition coefficient (Wildman–Crippen LogP) is 4.12. The Bertz CT molecular complexity index is 1510. The number of methoxy groups -OCH3 is 1. The third-order valence-corrected chi connectivity index (χ3v) is 9.52. The van der Waals surface area contributed by atoms with Gasteiger partial charge in [0, 0.05) is 37.3 Å². The van der Waals surface area contributed by atoms with Crippen LogP contribution in [0.2, 0.25) is 5.15 Å². The topological polar surface area (TPSA) is 172 Å². The predicted molar refractivity (Wildman–Crippen MR) is 194 cm³/mol. The normalized spacial score (nSPS) is 17.4. The van der Waals surface area contributed by atoms with Crippen molar-refractivity contribution in [2.45, 2.75) is 44.9 Å². The molecular weight excluding hydrogens is 660 g/mol. The molecule has 1 aliphatic rings. The average molecular weight is 712 g/mol. The first-order valence-corrected chi connectivity index (χ1v) is 17.8. The molecule has 13 heteroatoms. The number of anilines is 2. The highest BCUT2D eigenvalue weighted by molar-refractivity contribution is 6.31. The van der Waals surface area contributed by atoms with Gasteiger partial charge in [-0.2, -0.15) is 0 Å². The molecule has 0 spiro atoms. The van der Waals surface area contributed by atoms with Crippen LogP contribution in [-0.2, 0) is 22.3 Å². The Morgan fingerprint density at radius 3 is 2.20 bits per heavy atom. The van der Waals surface area contributed by atoms with Crippen molar-refractivity contribution in [1.82, 2.24) is 15.3 Å². The number of aliphatic hydroxyl groups is 1. The molecule has 1 saturated heterocycles. The summed E-state index contributed by atoms with van der Waals surface area (Å²) in [6.07, 6.45) is 6.23. The van der Waals surface area contributed by atoms with Crippen LogP contribution in [0, 0.1) is 5.92 Å². The Balaban J connectivity index is 1.32. The highest BCUT2D eigenvalue weighted by Gasteiger charge is 2.36. The zero-order valence-electron chi connectivity index (χ0n) is 29.1. The summed E-state index contributed by atoms with van der Waals surface area (Å²) in [5.41, 5.74) is 14.9. The highest BCUT2D eigenvalue weighted by Crippen LogP contribution is 2.30. The van der Waals surface area contributed by atoms with Crippen LogP contribution in [0.4, 0.5) is 11.6 Å². The number of nitrogens with two attached hydrogens (primary N) is 2. The molecule has 0 radical (unpaired) electrons. The molecule has 1 fully saturated rings. The highest BCUT2D eigenvalue weighted by atomic mass is 35.5. The minimum absolute atomic E-state index is 0.00820. The van der Waals surface area contributed by atoms with Gasteiger partial charge < -0.3 is 40.6 Å². The summed E-state index contributed by atoms with van der Waals surface area (Å²) in [4.78, 5) is 34.1. The van der Waals surface area contributed by atoms with Gasteiger partial charge in [-0.15, -0.1) is 0 Å². The fourth-order valence-corrected chi connectivity index (χ4v) is 6.84. The van der Waals surface area contributed by atoms with Crippen molar-refractivity contribution in [2.75, 3.05) is 84.3 Å². The number of benzene rings is 2. The van der Waals surface area contributed by atoms with Gasteiger partial charge in [0.05, 0.1) is 66.3 Å². The number of ether oxygens (including phenoxy) is 3. The fourth-order valence-electron chi connectivity index (χ4n) is 6.71. The second kappa shape index (κ2) is 20.1. The van der Waals surface area contributed by atoms with Gasteiger partial charge in [0.15, 0.2) is 22.6 Å². The van der Waals surface area contributed by atoms with Gasteiger partial charge in [-0.1, -0.05) is 35.9 Å². The lowest BCUT2D eigenvalue weighted by molar-refractivity contribution is -0.936. The molecule has 2 aromatic carbocycles. The molecule has 2 atom stereocenters. The summed E-state index contributed by atoms with van der Waals surface area (Å²) >= 11 is 6.07. The lowest BCUT2D eigenvalue weighted by atomic mass is 9.89. The van der Waals surface area contributed by atoms with E-state index in [0.29, 0.717) is 45.0 Å². The first-order chi connectivity index (χ1) is 24.2. The van der Waals surface area contributed by atoms with Crippen LogP contribution in [0.15, 0.2) is 48.5 Å². The van der Waals surface area contributed by atoms with Gasteiger partial charge >= 0.3 is 0 Å². The number of Topliss-reactive ketones (excluding diaryl/α,β-unsaturated/α-hetero) is 1. The number of nitrogens with one attached hydrogen (secondary N) is 1. The van der Waals surface area contributed by atoms with Crippen LogP contribution >= 0.6 is 11.6 Å². The lowest BCUT2D eigenvalue weighted by Crippen LogP contribution is -2.55. The van der Waals surface area contributed by atoms with Gasteiger partial charge in [0.2, 0.25) is 0 Å². The number of hydrogen-bond donors (Lipinski definition) is 4. The van der Waals surface area contributed by atoms with Gasteiger partial charge in [0.25, 0.3) is 5.91 Å². The van der Waals surface area contributed by atoms with Crippen LogP contribution in [0.5, 0.6) is 5.75 Å². The maximum atomic E-state index is 13.3. The lowest BCUT2D eigenvalue weighted by Gasteiger charge is -2.45. The van der Waals surface area contributed by atoms with Crippen molar-refractivity contribution >= 4 is 34.9 Å². The molecule has 1 aliphatic heterocycles. The van der Waals surface area contributed by atoms with Gasteiger partial charge in [-0.3, -0.25) is 9.59 Å². The number of aryl methyl sites for hydroxylation is 2. The van der Waals surface area contributed by atoms with Crippen LogP contribution in [-0.4, -0.2) is 104 Å². The molecule has 1 amide bonds. The Hall–Kier alpha value is -3.81. The minimum atomic E-state index is -0.152. The number of aromatic nitrogens is 2. The zero-order valence-corrected chi connectivity index (χ0v) is 29.8. The molecule has 12 nitrogen and oxygen atoms in total. The monoisotopic (exact) mass is 711 g/mol. The number of quaternary nitrogens is 1. The summed E-state index contributed by atoms with van der Waals surface area (Å²) in [6, 6.07) is 16.0. The molecule has 0 saturated carbocycles. The second-order valence-corrected chi connectivity index (χ2v) is 13.3. The number of carbonyl (C=O) groups excluding carboxylic acids is 2. The minimum Gasteiger partial charge on any atom is -0.497 e. The molecule has 2 heterocycles. The van der Waals surface area contributed by atoms with Crippen molar-refractivity contribution in [3.63, 3.8) is 0 Å². The molecule has 0 bridgehead atoms. The molecule has 0 aliphatic carbocycles. The molecule has 4 rings (SSSR count). The Morgan fingerprint density at radius 2 is 1.56 bits per heavy atom. The van der Waals surface area contributed by atoms with E-state index in [1.807, 2.05) is 36.4 Å². The van der Waals surface area contributed by atoms with Gasteiger partial charge in [0.1, 0.15) is 11.4 Å². The average Bonchev–Trinajstić information content (AvgIpc) is 3.11. The largest absolute Gasteiger partial charge is 0.497 e. The van der Waals surface area contributed by atoms with E-state index in [1.165, 1.54) is 11.1 Å². The maximum Gasteiger partial charge on any atom is 0.251 e. The Kier molecular flexibility index (Phi) is 15.7. The van der Waals surface area contributed by atoms with Crippen molar-refractivity contribution in [3.8, 4) is 5.75 Å². The number of rotatable bonds is 21. The zero-order chi connectivity index (χ0) is 35.8. The molecular formula is C37H52ClN6O6+. The van der Waals surface area contributed by atoms with E-state index >= 15 is 0 Å². The summed E-state index contributed by atoms with van der Waals surface area (Å²) < 4.78 is 16.9. The number of nitrogens with zero attached hydrogens (tertiary/aromatic N) is 3. The number of piperidine rings is 1. The van der Waals surface area contributed by atoms with Crippen LogP contribution in [0.25, 0.3) is 0 Å². The smallest absolute Gasteiger partial charge is 0.251 e. The SMILES string of the molecule is COc1ccc(CCC[N+]2(CCCc3ccc(C(=O)NCCOCCOCCO)cc3)CCCC(CC(=O)c3nc(Cl)c(N)nc3N)C2)cc1. The van der Waals surface area contributed by atoms with Crippen molar-refractivity contribution < 1.29 is 33.4 Å². The number of aliphatic hydroxyl groups excluding tert-OH is 1. The Morgan fingerprint density at radius 1 is 0.920 bits per heavy atom. The first-order valence-electron chi connectivity index (χ1n) is 17.4. The molecule has 6 N–H and O–H groups in total. The number of ketones is 1. The van der Waals surface area contributed by atoms with Crippen molar-refractivity contribution in [2.24, 2.45) is 5.92 Å². The number of amides is 1. The summed E-state index contributed by atoms with van der Waals surface area (Å²) in [5, 5.41) is 11.6. The number of carbonyl (C=O) groups is 2. The second-order valence-electron chi connectivity index (χ2n) is 12.9.